The molecule has 0 aromatic heterocycles. The molecule has 0 N–H and O–H groups in total. The number of rotatable bonds is 2. The van der Waals surface area contributed by atoms with Gasteiger partial charge in [0, 0.05) is 5.92 Å². The summed E-state index contributed by atoms with van der Waals surface area (Å²) in [7, 11) is 0. The maximum Gasteiger partial charge on any atom is 0.137 e. The third kappa shape index (κ3) is 2.92. The van der Waals surface area contributed by atoms with Crippen LogP contribution in [-0.4, -0.2) is 5.78 Å². The lowest BCUT2D eigenvalue weighted by Gasteiger charge is -2.19. The molecule has 0 spiro atoms. The van der Waals surface area contributed by atoms with Crippen molar-refractivity contribution in [2.75, 3.05) is 0 Å². The predicted octanol–water partition coefficient (Wildman–Crippen LogP) is 3.49. The van der Waals surface area contributed by atoms with Gasteiger partial charge in [-0.15, -0.1) is 0 Å². The highest BCUT2D eigenvalue weighted by atomic mass is 16.1. The van der Waals surface area contributed by atoms with Crippen molar-refractivity contribution in [3.8, 4) is 0 Å². The highest BCUT2D eigenvalue weighted by Gasteiger charge is 2.15. The van der Waals surface area contributed by atoms with Crippen LogP contribution in [0, 0.1) is 6.92 Å². The summed E-state index contributed by atoms with van der Waals surface area (Å²) < 4.78 is 0. The van der Waals surface area contributed by atoms with Gasteiger partial charge in [0.15, 0.2) is 0 Å². The largest absolute Gasteiger partial charge is 0.299 e. The molecule has 1 unspecified atom stereocenters. The van der Waals surface area contributed by atoms with E-state index in [0.29, 0.717) is 0 Å². The Morgan fingerprint density at radius 3 is 2.00 bits per heavy atom. The van der Waals surface area contributed by atoms with Crippen molar-refractivity contribution in [3.05, 3.63) is 42.3 Å². The van der Waals surface area contributed by atoms with Crippen LogP contribution in [0.5, 0.6) is 0 Å². The molecule has 1 aromatic carbocycles. The predicted molar refractivity (Wildman–Crippen MR) is 63.9 cm³/mol. The molecule has 1 radical (unpaired) electrons. The second-order valence-corrected chi connectivity index (χ2v) is 5.04. The zero-order chi connectivity index (χ0) is 11.6. The van der Waals surface area contributed by atoms with Crippen LogP contribution < -0.4 is 0 Å². The van der Waals surface area contributed by atoms with Gasteiger partial charge in [-0.25, -0.2) is 0 Å². The summed E-state index contributed by atoms with van der Waals surface area (Å²) in [5.41, 5.74) is 2.43. The summed E-state index contributed by atoms with van der Waals surface area (Å²) >= 11 is 0. The fourth-order valence-electron chi connectivity index (χ4n) is 1.45. The van der Waals surface area contributed by atoms with E-state index in [0.717, 1.165) is 5.56 Å². The molecule has 1 atom stereocenters. The Bertz CT molecular complexity index is 341. The molecule has 0 saturated heterocycles. The third-order valence-electron chi connectivity index (χ3n) is 2.67. The van der Waals surface area contributed by atoms with Gasteiger partial charge in [0.1, 0.15) is 5.78 Å². The Balaban J connectivity index is 2.95. The molecule has 1 nitrogen and oxygen atoms in total. The SMILES string of the molecule is [CH2]C(C(C)=O)c1ccc(C(C)(C)C)cc1. The highest BCUT2D eigenvalue weighted by Crippen LogP contribution is 2.24. The third-order valence-corrected chi connectivity index (χ3v) is 2.67. The van der Waals surface area contributed by atoms with E-state index in [1.165, 1.54) is 5.56 Å². The number of carbonyl (C=O) groups excluding carboxylic acids is 1. The lowest BCUT2D eigenvalue weighted by atomic mass is 9.85. The van der Waals surface area contributed by atoms with Crippen molar-refractivity contribution in [3.63, 3.8) is 0 Å². The Labute approximate surface area is 92.5 Å². The van der Waals surface area contributed by atoms with Crippen LogP contribution in [0.4, 0.5) is 0 Å². The molecule has 0 amide bonds. The number of ketones is 1. The molecule has 0 bridgehead atoms. The van der Waals surface area contributed by atoms with E-state index in [4.69, 9.17) is 0 Å². The van der Waals surface area contributed by atoms with Gasteiger partial charge < -0.3 is 0 Å². The van der Waals surface area contributed by atoms with Gasteiger partial charge in [-0.3, -0.25) is 4.79 Å². The zero-order valence-corrected chi connectivity index (χ0v) is 10.0. The van der Waals surface area contributed by atoms with Crippen molar-refractivity contribution < 1.29 is 4.79 Å². The molecule has 1 rings (SSSR count). The van der Waals surface area contributed by atoms with Crippen molar-refractivity contribution in [1.29, 1.82) is 0 Å². The standard InChI is InChI=1S/C14H19O/c1-10(11(2)15)12-6-8-13(9-7-12)14(3,4)5/h6-10H,1H2,2-5H3. The lowest BCUT2D eigenvalue weighted by molar-refractivity contribution is -0.117. The minimum Gasteiger partial charge on any atom is -0.299 e. The Kier molecular flexibility index (Phi) is 3.33. The van der Waals surface area contributed by atoms with E-state index < -0.39 is 0 Å². The van der Waals surface area contributed by atoms with E-state index in [1.54, 1.807) is 6.92 Å². The van der Waals surface area contributed by atoms with Crippen molar-refractivity contribution in [2.45, 2.75) is 39.0 Å². The summed E-state index contributed by atoms with van der Waals surface area (Å²) in [6.07, 6.45) is 0. The average Bonchev–Trinajstić information content (AvgIpc) is 2.15. The van der Waals surface area contributed by atoms with Gasteiger partial charge >= 0.3 is 0 Å². The topological polar surface area (TPSA) is 17.1 Å². The molecular formula is C14H19O. The second-order valence-electron chi connectivity index (χ2n) is 5.04. The molecule has 0 aliphatic rings. The summed E-state index contributed by atoms with van der Waals surface area (Å²) in [5, 5.41) is 0. The first-order chi connectivity index (χ1) is 6.82. The van der Waals surface area contributed by atoms with Gasteiger partial charge in [-0.1, -0.05) is 45.0 Å². The Morgan fingerprint density at radius 2 is 1.67 bits per heavy atom. The van der Waals surface area contributed by atoms with Gasteiger partial charge in [0.25, 0.3) is 0 Å². The maximum absolute atomic E-state index is 11.2. The summed E-state index contributed by atoms with van der Waals surface area (Å²) in [5.74, 6) is -0.127. The Morgan fingerprint density at radius 1 is 1.20 bits per heavy atom. The molecule has 0 aliphatic carbocycles. The summed E-state index contributed by atoms with van der Waals surface area (Å²) in [6, 6.07) is 8.16. The molecular weight excluding hydrogens is 184 g/mol. The summed E-state index contributed by atoms with van der Waals surface area (Å²) in [6.45, 7) is 12.0. The number of benzene rings is 1. The van der Waals surface area contributed by atoms with E-state index >= 15 is 0 Å². The van der Waals surface area contributed by atoms with Crippen molar-refractivity contribution in [1.82, 2.24) is 0 Å². The molecule has 0 aliphatic heterocycles. The molecule has 1 aromatic rings. The highest BCUT2D eigenvalue weighted by molar-refractivity contribution is 5.84. The summed E-state index contributed by atoms with van der Waals surface area (Å²) in [4.78, 5) is 11.2. The molecule has 1 heteroatoms. The lowest BCUT2D eigenvalue weighted by Crippen LogP contribution is -2.11. The second kappa shape index (κ2) is 4.18. The number of carbonyl (C=O) groups is 1. The smallest absolute Gasteiger partial charge is 0.137 e. The normalized spacial score (nSPS) is 13.7. The van der Waals surface area contributed by atoms with Gasteiger partial charge in [0.05, 0.1) is 0 Å². The van der Waals surface area contributed by atoms with Gasteiger partial charge in [0.2, 0.25) is 0 Å². The minimum absolute atomic E-state index is 0.110. The zero-order valence-electron chi connectivity index (χ0n) is 10.0. The fraction of sp³-hybridized carbons (Fsp3) is 0.429. The van der Waals surface area contributed by atoms with Gasteiger partial charge in [-0.2, -0.15) is 0 Å². The van der Waals surface area contributed by atoms with Crippen LogP contribution in [0.15, 0.2) is 24.3 Å². The van der Waals surface area contributed by atoms with Crippen molar-refractivity contribution in [2.24, 2.45) is 0 Å². The first-order valence-electron chi connectivity index (χ1n) is 5.26. The van der Waals surface area contributed by atoms with Crippen LogP contribution in [0.2, 0.25) is 0 Å². The molecule has 0 fully saturated rings. The maximum atomic E-state index is 11.2. The molecule has 0 saturated carbocycles. The fourth-order valence-corrected chi connectivity index (χ4v) is 1.45. The van der Waals surface area contributed by atoms with E-state index in [2.05, 4.69) is 39.8 Å². The van der Waals surface area contributed by atoms with Crippen molar-refractivity contribution >= 4 is 5.78 Å². The quantitative estimate of drug-likeness (QED) is 0.719. The van der Waals surface area contributed by atoms with Crippen LogP contribution in [-0.2, 0) is 10.2 Å². The first kappa shape index (κ1) is 12.0. The number of Topliss-reactive ketones (excluding diaryl/α,β-unsaturated/α-hetero) is 1. The molecule has 81 valence electrons. The van der Waals surface area contributed by atoms with Crippen LogP contribution in [0.1, 0.15) is 44.7 Å². The van der Waals surface area contributed by atoms with E-state index in [1.807, 2.05) is 12.1 Å². The Hall–Kier alpha value is -1.11. The van der Waals surface area contributed by atoms with Crippen LogP contribution >= 0.6 is 0 Å². The minimum atomic E-state index is -0.237. The number of hydrogen-bond donors (Lipinski definition) is 0. The monoisotopic (exact) mass is 203 g/mol. The van der Waals surface area contributed by atoms with Crippen LogP contribution in [0.25, 0.3) is 0 Å². The van der Waals surface area contributed by atoms with Crippen LogP contribution in [0.3, 0.4) is 0 Å². The van der Waals surface area contributed by atoms with E-state index in [9.17, 15) is 4.79 Å². The average molecular weight is 203 g/mol. The molecule has 15 heavy (non-hydrogen) atoms. The number of hydrogen-bond acceptors (Lipinski definition) is 1. The first-order valence-corrected chi connectivity index (χ1v) is 5.26. The van der Waals surface area contributed by atoms with Gasteiger partial charge in [-0.05, 0) is 30.4 Å². The van der Waals surface area contributed by atoms with E-state index in [-0.39, 0.29) is 17.1 Å². The molecule has 0 heterocycles.